The van der Waals surface area contributed by atoms with E-state index in [1.54, 1.807) is 0 Å². The number of ether oxygens (including phenoxy) is 1. The molecule has 2 nitrogen and oxygen atoms in total. The average Bonchev–Trinajstić information content (AvgIpc) is 2.59. The van der Waals surface area contributed by atoms with Gasteiger partial charge in [0.25, 0.3) is 0 Å². The lowest BCUT2D eigenvalue weighted by atomic mass is 10.1. The highest BCUT2D eigenvalue weighted by Crippen LogP contribution is 2.29. The second-order valence-electron chi connectivity index (χ2n) is 5.07. The minimum atomic E-state index is 0.759. The molecule has 22 heavy (non-hydrogen) atoms. The standard InChI is InChI=1S/C20H19NO/c1-21-15-14-19(17-9-3-2-4-10-17)22-20-13-7-11-16-8-5-6-12-18(16)20/h2-14,21H,15H2,1H3/b19-14+. The maximum atomic E-state index is 6.24. The summed E-state index contributed by atoms with van der Waals surface area (Å²) in [6, 6.07) is 24.6. The first kappa shape index (κ1) is 14.4. The van der Waals surface area contributed by atoms with Crippen LogP contribution in [0.4, 0.5) is 0 Å². The van der Waals surface area contributed by atoms with E-state index in [2.05, 4.69) is 41.7 Å². The van der Waals surface area contributed by atoms with Gasteiger partial charge in [0, 0.05) is 17.5 Å². The maximum Gasteiger partial charge on any atom is 0.135 e. The molecule has 3 rings (SSSR count). The molecule has 0 aromatic heterocycles. The van der Waals surface area contributed by atoms with Crippen molar-refractivity contribution >= 4 is 16.5 Å². The topological polar surface area (TPSA) is 21.3 Å². The molecule has 0 aliphatic carbocycles. The van der Waals surface area contributed by atoms with E-state index in [-0.39, 0.29) is 0 Å². The second kappa shape index (κ2) is 6.92. The van der Waals surface area contributed by atoms with Gasteiger partial charge in [0.05, 0.1) is 0 Å². The lowest BCUT2D eigenvalue weighted by Gasteiger charge is -2.13. The molecule has 3 aromatic rings. The normalized spacial score (nSPS) is 11.6. The molecule has 0 bridgehead atoms. The summed E-state index contributed by atoms with van der Waals surface area (Å²) in [5, 5.41) is 5.44. The molecule has 2 heteroatoms. The summed E-state index contributed by atoms with van der Waals surface area (Å²) in [6.07, 6.45) is 2.07. The molecule has 0 spiro atoms. The molecule has 0 amide bonds. The molecule has 0 radical (unpaired) electrons. The van der Waals surface area contributed by atoms with Gasteiger partial charge >= 0.3 is 0 Å². The van der Waals surface area contributed by atoms with Crippen LogP contribution in [-0.4, -0.2) is 13.6 Å². The third-order valence-corrected chi connectivity index (χ3v) is 3.52. The first-order valence-corrected chi connectivity index (χ1v) is 7.44. The number of rotatable bonds is 5. The highest BCUT2D eigenvalue weighted by atomic mass is 16.5. The van der Waals surface area contributed by atoms with E-state index in [1.807, 2.05) is 49.5 Å². The van der Waals surface area contributed by atoms with Crippen LogP contribution in [0, 0.1) is 0 Å². The van der Waals surface area contributed by atoms with Crippen molar-refractivity contribution in [3.05, 3.63) is 84.4 Å². The summed E-state index contributed by atoms with van der Waals surface area (Å²) in [5.41, 5.74) is 1.07. The molecule has 110 valence electrons. The Morgan fingerprint density at radius 1 is 0.909 bits per heavy atom. The zero-order chi connectivity index (χ0) is 15.2. The van der Waals surface area contributed by atoms with E-state index in [4.69, 9.17) is 4.74 Å². The Hall–Kier alpha value is -2.58. The third-order valence-electron chi connectivity index (χ3n) is 3.52. The predicted molar refractivity (Wildman–Crippen MR) is 92.9 cm³/mol. The first-order chi connectivity index (χ1) is 10.9. The summed E-state index contributed by atoms with van der Waals surface area (Å²) in [4.78, 5) is 0. The van der Waals surface area contributed by atoms with Crippen LogP contribution in [0.1, 0.15) is 5.56 Å². The monoisotopic (exact) mass is 289 g/mol. The Morgan fingerprint density at radius 2 is 1.64 bits per heavy atom. The Morgan fingerprint density at radius 3 is 2.45 bits per heavy atom. The van der Waals surface area contributed by atoms with Gasteiger partial charge in [0.15, 0.2) is 0 Å². The lowest BCUT2D eigenvalue weighted by molar-refractivity contribution is 0.519. The van der Waals surface area contributed by atoms with Crippen LogP contribution in [0.2, 0.25) is 0 Å². The molecule has 0 fully saturated rings. The van der Waals surface area contributed by atoms with E-state index in [0.29, 0.717) is 0 Å². The Labute approximate surface area is 131 Å². The van der Waals surface area contributed by atoms with Crippen molar-refractivity contribution in [1.82, 2.24) is 5.32 Å². The molecule has 0 saturated heterocycles. The van der Waals surface area contributed by atoms with Crippen LogP contribution in [0.15, 0.2) is 78.9 Å². The zero-order valence-electron chi connectivity index (χ0n) is 12.6. The maximum absolute atomic E-state index is 6.24. The van der Waals surface area contributed by atoms with Crippen LogP contribution in [0.25, 0.3) is 16.5 Å². The molecule has 0 aliphatic heterocycles. The molecule has 0 heterocycles. The fourth-order valence-corrected chi connectivity index (χ4v) is 2.42. The summed E-state index contributed by atoms with van der Waals surface area (Å²) < 4.78 is 6.24. The van der Waals surface area contributed by atoms with E-state index >= 15 is 0 Å². The molecular formula is C20H19NO. The molecule has 1 N–H and O–H groups in total. The summed E-state index contributed by atoms with van der Waals surface area (Å²) >= 11 is 0. The second-order valence-corrected chi connectivity index (χ2v) is 5.07. The van der Waals surface area contributed by atoms with Gasteiger partial charge in [0.1, 0.15) is 11.5 Å². The zero-order valence-corrected chi connectivity index (χ0v) is 12.6. The van der Waals surface area contributed by atoms with Gasteiger partial charge in [-0.05, 0) is 24.6 Å². The minimum absolute atomic E-state index is 0.759. The van der Waals surface area contributed by atoms with E-state index in [1.165, 1.54) is 5.39 Å². The summed E-state index contributed by atoms with van der Waals surface area (Å²) in [7, 11) is 1.93. The van der Waals surface area contributed by atoms with Gasteiger partial charge in [-0.25, -0.2) is 0 Å². The highest BCUT2D eigenvalue weighted by Gasteiger charge is 2.07. The average molecular weight is 289 g/mol. The summed E-state index contributed by atoms with van der Waals surface area (Å²) in [5.74, 6) is 1.75. The van der Waals surface area contributed by atoms with Crippen molar-refractivity contribution in [2.24, 2.45) is 0 Å². The fraction of sp³-hybridized carbons (Fsp3) is 0.100. The highest BCUT2D eigenvalue weighted by molar-refractivity contribution is 5.89. The molecular weight excluding hydrogens is 270 g/mol. The molecule has 0 saturated carbocycles. The lowest BCUT2D eigenvalue weighted by Crippen LogP contribution is -2.07. The van der Waals surface area contributed by atoms with Crippen LogP contribution in [0.5, 0.6) is 5.75 Å². The third kappa shape index (κ3) is 3.18. The number of fused-ring (bicyclic) bond motifs is 1. The van der Waals surface area contributed by atoms with E-state index in [0.717, 1.165) is 29.0 Å². The molecule has 3 aromatic carbocycles. The number of benzene rings is 3. The van der Waals surface area contributed by atoms with Crippen LogP contribution < -0.4 is 10.1 Å². The molecule has 0 atom stereocenters. The number of hydrogen-bond acceptors (Lipinski definition) is 2. The summed E-state index contributed by atoms with van der Waals surface area (Å²) in [6.45, 7) is 0.759. The van der Waals surface area contributed by atoms with Gasteiger partial charge in [0.2, 0.25) is 0 Å². The van der Waals surface area contributed by atoms with Crippen molar-refractivity contribution < 1.29 is 4.74 Å². The van der Waals surface area contributed by atoms with Crippen molar-refractivity contribution in [3.8, 4) is 5.75 Å². The molecule has 0 unspecified atom stereocenters. The van der Waals surface area contributed by atoms with Crippen molar-refractivity contribution in [2.75, 3.05) is 13.6 Å². The Bertz CT molecular complexity index is 773. The number of hydrogen-bond donors (Lipinski definition) is 1. The first-order valence-electron chi connectivity index (χ1n) is 7.44. The minimum Gasteiger partial charge on any atom is -0.456 e. The van der Waals surface area contributed by atoms with Gasteiger partial charge in [-0.15, -0.1) is 0 Å². The van der Waals surface area contributed by atoms with Gasteiger partial charge < -0.3 is 10.1 Å². The quantitative estimate of drug-likeness (QED) is 0.699. The van der Waals surface area contributed by atoms with Crippen molar-refractivity contribution in [1.29, 1.82) is 0 Å². The van der Waals surface area contributed by atoms with Gasteiger partial charge in [-0.1, -0.05) is 66.7 Å². The van der Waals surface area contributed by atoms with Crippen LogP contribution >= 0.6 is 0 Å². The Kier molecular flexibility index (Phi) is 4.52. The predicted octanol–water partition coefficient (Wildman–Crippen LogP) is 4.48. The van der Waals surface area contributed by atoms with Gasteiger partial charge in [-0.2, -0.15) is 0 Å². The number of nitrogens with one attached hydrogen (secondary N) is 1. The van der Waals surface area contributed by atoms with Crippen molar-refractivity contribution in [2.45, 2.75) is 0 Å². The van der Waals surface area contributed by atoms with Crippen molar-refractivity contribution in [3.63, 3.8) is 0 Å². The van der Waals surface area contributed by atoms with E-state index < -0.39 is 0 Å². The molecule has 0 aliphatic rings. The Balaban J connectivity index is 1.99. The fourth-order valence-electron chi connectivity index (χ4n) is 2.42. The number of likely N-dealkylation sites (N-methyl/N-ethyl adjacent to an activating group) is 1. The van der Waals surface area contributed by atoms with Crippen LogP contribution in [-0.2, 0) is 0 Å². The smallest absolute Gasteiger partial charge is 0.135 e. The SMILES string of the molecule is CNC/C=C(/Oc1cccc2ccccc12)c1ccccc1. The van der Waals surface area contributed by atoms with Gasteiger partial charge in [-0.3, -0.25) is 0 Å². The largest absolute Gasteiger partial charge is 0.456 e. The van der Waals surface area contributed by atoms with Crippen LogP contribution in [0.3, 0.4) is 0 Å². The van der Waals surface area contributed by atoms with E-state index in [9.17, 15) is 0 Å².